The van der Waals surface area contributed by atoms with E-state index in [1.807, 2.05) is 49.4 Å². The lowest BCUT2D eigenvalue weighted by molar-refractivity contribution is 0.0944. The second-order valence-electron chi connectivity index (χ2n) is 7.61. The van der Waals surface area contributed by atoms with Crippen molar-refractivity contribution >= 4 is 22.6 Å². The molecule has 1 fully saturated rings. The molecular weight excluding hydrogens is 380 g/mol. The zero-order valence-corrected chi connectivity index (χ0v) is 17.5. The fraction of sp³-hybridized carbons (Fsp3) is 0.348. The molecule has 1 amide bonds. The lowest BCUT2D eigenvalue weighted by atomic mass is 9.97. The smallest absolute Gasteiger partial charge is 0.251 e. The van der Waals surface area contributed by atoms with Crippen molar-refractivity contribution in [2.75, 3.05) is 24.5 Å². The summed E-state index contributed by atoms with van der Waals surface area (Å²) in [5, 5.41) is 4.13. The van der Waals surface area contributed by atoms with Crippen molar-refractivity contribution < 1.29 is 4.79 Å². The van der Waals surface area contributed by atoms with E-state index >= 15 is 0 Å². The van der Waals surface area contributed by atoms with Crippen molar-refractivity contribution in [1.29, 1.82) is 0 Å². The largest absolute Gasteiger partial charge is 0.352 e. The van der Waals surface area contributed by atoms with Gasteiger partial charge >= 0.3 is 0 Å². The summed E-state index contributed by atoms with van der Waals surface area (Å²) in [5.74, 6) is 1.43. The van der Waals surface area contributed by atoms with E-state index < -0.39 is 0 Å². The highest BCUT2D eigenvalue weighted by Gasteiger charge is 2.22. The number of carbonyl (C=O) groups excluding carboxylic acids is 1. The Morgan fingerprint density at radius 2 is 1.83 bits per heavy atom. The van der Waals surface area contributed by atoms with Crippen LogP contribution in [0.1, 0.15) is 40.2 Å². The van der Waals surface area contributed by atoms with Gasteiger partial charge in [0.15, 0.2) is 0 Å². The summed E-state index contributed by atoms with van der Waals surface area (Å²) in [5.41, 5.74) is 3.02. The third-order valence-corrected chi connectivity index (χ3v) is 6.30. The van der Waals surface area contributed by atoms with Crippen molar-refractivity contribution in [3.8, 4) is 0 Å². The van der Waals surface area contributed by atoms with Crippen LogP contribution in [-0.2, 0) is 6.42 Å². The number of nitrogens with zero attached hydrogens (tertiary/aromatic N) is 3. The van der Waals surface area contributed by atoms with Crippen LogP contribution in [0.4, 0.5) is 5.13 Å². The minimum Gasteiger partial charge on any atom is -0.352 e. The van der Waals surface area contributed by atoms with Crippen molar-refractivity contribution in [2.24, 2.45) is 5.92 Å². The summed E-state index contributed by atoms with van der Waals surface area (Å²) in [7, 11) is 0. The first-order valence-corrected chi connectivity index (χ1v) is 10.9. The maximum absolute atomic E-state index is 12.4. The summed E-state index contributed by atoms with van der Waals surface area (Å²) >= 11 is 1.49. The molecular formula is C23H26N4OS. The minimum absolute atomic E-state index is 0.0280. The Balaban J connectivity index is 1.25. The summed E-state index contributed by atoms with van der Waals surface area (Å²) < 4.78 is 4.54. The molecule has 1 aliphatic heterocycles. The number of hydrogen-bond donors (Lipinski definition) is 1. The average molecular weight is 407 g/mol. The van der Waals surface area contributed by atoms with Crippen LogP contribution in [0, 0.1) is 12.8 Å². The predicted octanol–water partition coefficient (Wildman–Crippen LogP) is 4.08. The second-order valence-corrected chi connectivity index (χ2v) is 8.34. The van der Waals surface area contributed by atoms with Crippen LogP contribution >= 0.6 is 11.5 Å². The molecule has 3 aromatic rings. The number of piperidine rings is 1. The molecule has 0 bridgehead atoms. The number of anilines is 1. The molecule has 0 radical (unpaired) electrons. The maximum atomic E-state index is 12.4. The van der Waals surface area contributed by atoms with Gasteiger partial charge in [-0.15, -0.1) is 0 Å². The molecule has 0 saturated carbocycles. The Labute approximate surface area is 176 Å². The molecule has 1 aromatic heterocycles. The van der Waals surface area contributed by atoms with Gasteiger partial charge in [0, 0.05) is 43.2 Å². The van der Waals surface area contributed by atoms with E-state index in [2.05, 4.69) is 26.7 Å². The fourth-order valence-electron chi connectivity index (χ4n) is 3.71. The van der Waals surface area contributed by atoms with Gasteiger partial charge in [-0.1, -0.05) is 48.5 Å². The number of carbonyl (C=O) groups is 1. The van der Waals surface area contributed by atoms with E-state index in [9.17, 15) is 4.79 Å². The molecule has 0 atom stereocenters. The van der Waals surface area contributed by atoms with Gasteiger partial charge in [0.05, 0.1) is 0 Å². The van der Waals surface area contributed by atoms with Crippen LogP contribution in [0.5, 0.6) is 0 Å². The first-order valence-electron chi connectivity index (χ1n) is 10.1. The lowest BCUT2D eigenvalue weighted by Crippen LogP contribution is -2.38. The SMILES string of the molecule is Cc1ccccc1C(=O)NCC1CCN(c2nc(Cc3ccccc3)ns2)CC1. The van der Waals surface area contributed by atoms with Gasteiger partial charge in [0.2, 0.25) is 5.13 Å². The van der Waals surface area contributed by atoms with Gasteiger partial charge in [-0.3, -0.25) is 4.79 Å². The Bertz CT molecular complexity index is 948. The summed E-state index contributed by atoms with van der Waals surface area (Å²) in [6.07, 6.45) is 2.89. The Morgan fingerprint density at radius 3 is 2.59 bits per heavy atom. The standard InChI is InChI=1S/C23H26N4OS/c1-17-7-5-6-10-20(17)22(28)24-16-19-11-13-27(14-12-19)23-25-21(26-29-23)15-18-8-3-2-4-9-18/h2-10,19H,11-16H2,1H3,(H,24,28). The second kappa shape index (κ2) is 9.18. The molecule has 0 aliphatic carbocycles. The Morgan fingerprint density at radius 1 is 1.10 bits per heavy atom. The molecule has 4 rings (SSSR count). The molecule has 2 heterocycles. The Hall–Kier alpha value is -2.73. The van der Waals surface area contributed by atoms with Gasteiger partial charge in [-0.05, 0) is 42.9 Å². The number of nitrogens with one attached hydrogen (secondary N) is 1. The molecule has 2 aromatic carbocycles. The van der Waals surface area contributed by atoms with Gasteiger partial charge in [-0.25, -0.2) is 4.98 Å². The maximum Gasteiger partial charge on any atom is 0.251 e. The highest BCUT2D eigenvalue weighted by Crippen LogP contribution is 2.25. The van der Waals surface area contributed by atoms with E-state index in [-0.39, 0.29) is 5.91 Å². The van der Waals surface area contributed by atoms with Crippen LogP contribution in [0.3, 0.4) is 0 Å². The molecule has 6 heteroatoms. The molecule has 5 nitrogen and oxygen atoms in total. The topological polar surface area (TPSA) is 58.1 Å². The van der Waals surface area contributed by atoms with E-state index in [1.165, 1.54) is 17.1 Å². The number of hydrogen-bond acceptors (Lipinski definition) is 5. The normalized spacial score (nSPS) is 14.7. The number of amides is 1. The highest BCUT2D eigenvalue weighted by atomic mass is 32.1. The van der Waals surface area contributed by atoms with Crippen molar-refractivity contribution in [3.05, 3.63) is 77.1 Å². The number of aromatic nitrogens is 2. The van der Waals surface area contributed by atoms with Crippen LogP contribution < -0.4 is 10.2 Å². The molecule has 1 N–H and O–H groups in total. The van der Waals surface area contributed by atoms with Crippen LogP contribution in [0.2, 0.25) is 0 Å². The fourth-order valence-corrected chi connectivity index (χ4v) is 4.45. The molecule has 29 heavy (non-hydrogen) atoms. The summed E-state index contributed by atoms with van der Waals surface area (Å²) in [6, 6.07) is 18.1. The molecule has 1 saturated heterocycles. The van der Waals surface area contributed by atoms with Gasteiger partial charge in [0.1, 0.15) is 5.82 Å². The third kappa shape index (κ3) is 5.01. The highest BCUT2D eigenvalue weighted by molar-refractivity contribution is 7.09. The zero-order valence-electron chi connectivity index (χ0n) is 16.7. The number of benzene rings is 2. The number of rotatable bonds is 6. The number of aryl methyl sites for hydroxylation is 1. The van der Waals surface area contributed by atoms with Gasteiger partial charge in [0.25, 0.3) is 5.91 Å². The quantitative estimate of drug-likeness (QED) is 0.670. The molecule has 150 valence electrons. The summed E-state index contributed by atoms with van der Waals surface area (Å²) in [6.45, 7) is 4.63. The summed E-state index contributed by atoms with van der Waals surface area (Å²) in [4.78, 5) is 19.5. The van der Waals surface area contributed by atoms with E-state index in [0.29, 0.717) is 5.92 Å². The molecule has 0 unspecified atom stereocenters. The van der Waals surface area contributed by atoms with Crippen molar-refractivity contribution in [3.63, 3.8) is 0 Å². The van der Waals surface area contributed by atoms with Crippen LogP contribution in [-0.4, -0.2) is 34.9 Å². The average Bonchev–Trinajstić information content (AvgIpc) is 3.22. The zero-order chi connectivity index (χ0) is 20.1. The molecule has 1 aliphatic rings. The third-order valence-electron chi connectivity index (χ3n) is 5.49. The first-order chi connectivity index (χ1) is 14.2. The predicted molar refractivity (Wildman–Crippen MR) is 118 cm³/mol. The monoisotopic (exact) mass is 406 g/mol. The van der Waals surface area contributed by atoms with Crippen molar-refractivity contribution in [2.45, 2.75) is 26.2 Å². The lowest BCUT2D eigenvalue weighted by Gasteiger charge is -2.31. The first kappa shape index (κ1) is 19.6. The van der Waals surface area contributed by atoms with E-state index in [4.69, 9.17) is 4.98 Å². The van der Waals surface area contributed by atoms with E-state index in [0.717, 1.165) is 61.0 Å². The minimum atomic E-state index is 0.0280. The molecule has 0 spiro atoms. The Kier molecular flexibility index (Phi) is 6.20. The van der Waals surface area contributed by atoms with Gasteiger partial charge < -0.3 is 10.2 Å². The van der Waals surface area contributed by atoms with Crippen LogP contribution in [0.25, 0.3) is 0 Å². The van der Waals surface area contributed by atoms with E-state index in [1.54, 1.807) is 0 Å². The van der Waals surface area contributed by atoms with Crippen molar-refractivity contribution in [1.82, 2.24) is 14.7 Å². The van der Waals surface area contributed by atoms with Gasteiger partial charge in [-0.2, -0.15) is 4.37 Å². The van der Waals surface area contributed by atoms with Crippen LogP contribution in [0.15, 0.2) is 54.6 Å².